The van der Waals surface area contributed by atoms with Crippen molar-refractivity contribution in [1.29, 1.82) is 0 Å². The van der Waals surface area contributed by atoms with Crippen molar-refractivity contribution >= 4 is 21.4 Å². The van der Waals surface area contributed by atoms with Crippen LogP contribution in [0.4, 0.5) is 5.69 Å². The Hall–Kier alpha value is -2.42. The summed E-state index contributed by atoms with van der Waals surface area (Å²) >= 11 is 0. The molecule has 2 aliphatic rings. The van der Waals surface area contributed by atoms with Crippen LogP contribution in [0.15, 0.2) is 24.5 Å². The van der Waals surface area contributed by atoms with Crippen LogP contribution in [0.1, 0.15) is 34.2 Å². The molecule has 0 radical (unpaired) electrons. The quantitative estimate of drug-likeness (QED) is 0.766. The molecule has 28 heavy (non-hydrogen) atoms. The third kappa shape index (κ3) is 3.50. The zero-order chi connectivity index (χ0) is 19.9. The second-order valence-corrected chi connectivity index (χ2v) is 9.76. The van der Waals surface area contributed by atoms with E-state index in [2.05, 4.69) is 15.0 Å². The molecule has 4 heterocycles. The summed E-state index contributed by atoms with van der Waals surface area (Å²) in [5.74, 6) is 0.436. The van der Waals surface area contributed by atoms with Crippen molar-refractivity contribution in [3.05, 3.63) is 41.5 Å². The fourth-order valence-electron chi connectivity index (χ4n) is 4.25. The van der Waals surface area contributed by atoms with Gasteiger partial charge >= 0.3 is 0 Å². The number of carbonyl (C=O) groups excluding carboxylic acids is 1. The maximum absolute atomic E-state index is 12.6. The number of pyridine rings is 1. The highest BCUT2D eigenvalue weighted by molar-refractivity contribution is 7.91. The lowest BCUT2D eigenvalue weighted by Crippen LogP contribution is -2.49. The van der Waals surface area contributed by atoms with Gasteiger partial charge in [0.15, 0.2) is 9.84 Å². The van der Waals surface area contributed by atoms with Crippen molar-refractivity contribution in [2.45, 2.75) is 26.3 Å². The molecule has 0 saturated carbocycles. The minimum Gasteiger partial charge on any atom is -0.365 e. The standard InChI is InChI=1S/C19H25N5O3S/c1-14-18(15(2)24(21-14)17-5-12-28(26,27)13-17)22-8-10-23(11-9-22)19(25)16-3-6-20-7-4-16/h3-4,6-7,17H,5,8-13H2,1-2H3. The molecule has 2 saturated heterocycles. The highest BCUT2D eigenvalue weighted by Gasteiger charge is 2.33. The highest BCUT2D eigenvalue weighted by atomic mass is 32.2. The van der Waals surface area contributed by atoms with E-state index >= 15 is 0 Å². The molecule has 1 unspecified atom stereocenters. The van der Waals surface area contributed by atoms with Crippen LogP contribution in [-0.4, -0.2) is 71.7 Å². The molecule has 2 aromatic rings. The number of anilines is 1. The van der Waals surface area contributed by atoms with Gasteiger partial charge < -0.3 is 9.80 Å². The number of hydrogen-bond acceptors (Lipinski definition) is 6. The van der Waals surface area contributed by atoms with Crippen LogP contribution < -0.4 is 4.90 Å². The first-order valence-electron chi connectivity index (χ1n) is 9.56. The van der Waals surface area contributed by atoms with Crippen molar-refractivity contribution < 1.29 is 13.2 Å². The Morgan fingerprint density at radius 1 is 1.11 bits per heavy atom. The number of sulfone groups is 1. The minimum atomic E-state index is -2.96. The Balaban J connectivity index is 1.47. The number of carbonyl (C=O) groups is 1. The van der Waals surface area contributed by atoms with Gasteiger partial charge in [-0.05, 0) is 32.4 Å². The largest absolute Gasteiger partial charge is 0.365 e. The van der Waals surface area contributed by atoms with Gasteiger partial charge in [-0.1, -0.05) is 0 Å². The normalized spacial score (nSPS) is 21.9. The summed E-state index contributed by atoms with van der Waals surface area (Å²) in [5.41, 5.74) is 3.65. The molecule has 0 bridgehead atoms. The molecule has 9 heteroatoms. The molecule has 2 aliphatic heterocycles. The van der Waals surface area contributed by atoms with Crippen LogP contribution in [-0.2, 0) is 9.84 Å². The predicted octanol–water partition coefficient (Wildman–Crippen LogP) is 1.22. The van der Waals surface area contributed by atoms with Gasteiger partial charge in [0.1, 0.15) is 0 Å². The fraction of sp³-hybridized carbons (Fsp3) is 0.526. The lowest BCUT2D eigenvalue weighted by atomic mass is 10.2. The van der Waals surface area contributed by atoms with E-state index in [1.54, 1.807) is 24.5 Å². The molecular formula is C19H25N5O3S. The Bertz CT molecular complexity index is 978. The van der Waals surface area contributed by atoms with Gasteiger partial charge in [-0.2, -0.15) is 5.10 Å². The number of amides is 1. The van der Waals surface area contributed by atoms with Crippen LogP contribution in [0.3, 0.4) is 0 Å². The number of aromatic nitrogens is 3. The van der Waals surface area contributed by atoms with Crippen LogP contribution in [0.2, 0.25) is 0 Å². The van der Waals surface area contributed by atoms with E-state index in [4.69, 9.17) is 0 Å². The number of hydrogen-bond donors (Lipinski definition) is 0. The first-order valence-corrected chi connectivity index (χ1v) is 11.4. The van der Waals surface area contributed by atoms with Crippen molar-refractivity contribution in [3.63, 3.8) is 0 Å². The highest BCUT2D eigenvalue weighted by Crippen LogP contribution is 2.31. The van der Waals surface area contributed by atoms with Gasteiger partial charge in [-0.25, -0.2) is 8.42 Å². The topological polar surface area (TPSA) is 88.4 Å². The summed E-state index contributed by atoms with van der Waals surface area (Å²) in [6, 6.07) is 3.40. The van der Waals surface area contributed by atoms with Gasteiger partial charge in [0, 0.05) is 44.1 Å². The maximum Gasteiger partial charge on any atom is 0.254 e. The second kappa shape index (κ2) is 7.20. The zero-order valence-electron chi connectivity index (χ0n) is 16.2. The smallest absolute Gasteiger partial charge is 0.254 e. The van der Waals surface area contributed by atoms with E-state index in [-0.39, 0.29) is 23.5 Å². The second-order valence-electron chi connectivity index (χ2n) is 7.54. The van der Waals surface area contributed by atoms with Crippen molar-refractivity contribution in [1.82, 2.24) is 19.7 Å². The van der Waals surface area contributed by atoms with Crippen molar-refractivity contribution in [2.24, 2.45) is 0 Å². The Kier molecular flexibility index (Phi) is 4.86. The zero-order valence-corrected chi connectivity index (χ0v) is 17.0. The van der Waals surface area contributed by atoms with Crippen LogP contribution in [0.25, 0.3) is 0 Å². The van der Waals surface area contributed by atoms with Gasteiger partial charge in [0.05, 0.1) is 34.6 Å². The van der Waals surface area contributed by atoms with Crippen molar-refractivity contribution in [2.75, 3.05) is 42.6 Å². The van der Waals surface area contributed by atoms with E-state index in [1.165, 1.54) is 0 Å². The minimum absolute atomic E-state index is 0.0300. The number of aryl methyl sites for hydroxylation is 1. The molecule has 0 spiro atoms. The van der Waals surface area contributed by atoms with E-state index in [0.29, 0.717) is 25.1 Å². The molecule has 150 valence electrons. The molecule has 0 N–H and O–H groups in total. The summed E-state index contributed by atoms with van der Waals surface area (Å²) in [6.45, 7) is 6.72. The molecule has 2 fully saturated rings. The van der Waals surface area contributed by atoms with Crippen LogP contribution in [0, 0.1) is 13.8 Å². The predicted molar refractivity (Wildman–Crippen MR) is 106 cm³/mol. The first kappa shape index (κ1) is 18.9. The van der Waals surface area contributed by atoms with E-state index in [1.807, 2.05) is 23.4 Å². The Morgan fingerprint density at radius 3 is 2.39 bits per heavy atom. The molecule has 1 atom stereocenters. The van der Waals surface area contributed by atoms with E-state index in [9.17, 15) is 13.2 Å². The molecule has 0 aromatic carbocycles. The summed E-state index contributed by atoms with van der Waals surface area (Å²) in [4.78, 5) is 20.7. The van der Waals surface area contributed by atoms with Gasteiger partial charge in [0.25, 0.3) is 5.91 Å². The Labute approximate surface area is 165 Å². The van der Waals surface area contributed by atoms with Gasteiger partial charge in [0.2, 0.25) is 0 Å². The van der Waals surface area contributed by atoms with Crippen LogP contribution >= 0.6 is 0 Å². The number of rotatable bonds is 3. The lowest BCUT2D eigenvalue weighted by molar-refractivity contribution is 0.0746. The average Bonchev–Trinajstić information content (AvgIpc) is 3.20. The molecule has 1 amide bonds. The molecule has 2 aromatic heterocycles. The number of nitrogens with zero attached hydrogens (tertiary/aromatic N) is 5. The van der Waals surface area contributed by atoms with Crippen LogP contribution in [0.5, 0.6) is 0 Å². The monoisotopic (exact) mass is 403 g/mol. The summed E-state index contributed by atoms with van der Waals surface area (Å²) in [6.07, 6.45) is 3.89. The third-order valence-electron chi connectivity index (χ3n) is 5.65. The Morgan fingerprint density at radius 2 is 1.79 bits per heavy atom. The summed E-state index contributed by atoms with van der Waals surface area (Å²) < 4.78 is 25.6. The molecule has 0 aliphatic carbocycles. The molecule has 8 nitrogen and oxygen atoms in total. The lowest BCUT2D eigenvalue weighted by Gasteiger charge is -2.36. The first-order chi connectivity index (χ1) is 13.4. The summed E-state index contributed by atoms with van der Waals surface area (Å²) in [5, 5.41) is 4.66. The fourth-order valence-corrected chi connectivity index (χ4v) is 5.94. The average molecular weight is 404 g/mol. The molecular weight excluding hydrogens is 378 g/mol. The SMILES string of the molecule is Cc1nn(C2CCS(=O)(=O)C2)c(C)c1N1CCN(C(=O)c2ccncc2)CC1. The van der Waals surface area contributed by atoms with Gasteiger partial charge in [-0.15, -0.1) is 0 Å². The molecule has 4 rings (SSSR count). The van der Waals surface area contributed by atoms with Gasteiger partial charge in [-0.3, -0.25) is 14.5 Å². The third-order valence-corrected chi connectivity index (χ3v) is 7.40. The van der Waals surface area contributed by atoms with E-state index in [0.717, 1.165) is 30.2 Å². The number of piperazine rings is 1. The van der Waals surface area contributed by atoms with Crippen molar-refractivity contribution in [3.8, 4) is 0 Å². The van der Waals surface area contributed by atoms with E-state index < -0.39 is 9.84 Å². The maximum atomic E-state index is 12.6. The summed E-state index contributed by atoms with van der Waals surface area (Å²) in [7, 11) is -2.96.